The van der Waals surface area contributed by atoms with Gasteiger partial charge in [-0.3, -0.25) is 4.90 Å². The number of carbonyl (C=O) groups is 1. The smallest absolute Gasteiger partial charge is 0.416 e. The normalized spacial score (nSPS) is 15.1. The van der Waals surface area contributed by atoms with E-state index >= 15 is 0 Å². The van der Waals surface area contributed by atoms with Gasteiger partial charge in [-0.15, -0.1) is 0 Å². The van der Waals surface area contributed by atoms with E-state index in [0.717, 1.165) is 40.1 Å². The Labute approximate surface area is 237 Å². The highest BCUT2D eigenvalue weighted by Gasteiger charge is 2.35. The molecule has 1 N–H and O–H groups in total. The third-order valence-corrected chi connectivity index (χ3v) is 8.22. The van der Waals surface area contributed by atoms with Crippen LogP contribution in [0.5, 0.6) is 11.5 Å². The van der Waals surface area contributed by atoms with Crippen LogP contribution in [0.15, 0.2) is 66.7 Å². The summed E-state index contributed by atoms with van der Waals surface area (Å²) < 4.78 is 11.7. The standard InChI is InChI=1S/C30H30Cl2N2O3S/c1-19(2)38-17-3-16-36-23-9-4-20(5-10-23)29-28-25(26-18-22(32)8-13-27(26)33-28)14-15-34(29)30(35)37-24-11-6-21(31)7-12-24/h4-13,18-19,29,33H,3,14-17H2,1-2H3. The SMILES string of the molecule is CC(C)SCCCOc1ccc(C2c3[nH]c4ccc(Cl)cc4c3CCN2C(=O)Oc2ccc(Cl)cc2)cc1. The molecule has 5 nitrogen and oxygen atoms in total. The number of amides is 1. The maximum absolute atomic E-state index is 13.4. The van der Waals surface area contributed by atoms with Crippen LogP contribution < -0.4 is 9.47 Å². The number of aromatic amines is 1. The Morgan fingerprint density at radius 1 is 1.03 bits per heavy atom. The van der Waals surface area contributed by atoms with Crippen molar-refractivity contribution < 1.29 is 14.3 Å². The first-order valence-electron chi connectivity index (χ1n) is 12.8. The number of halogens is 2. The molecule has 8 heteroatoms. The second-order valence-corrected chi connectivity index (χ2v) is 12.1. The summed E-state index contributed by atoms with van der Waals surface area (Å²) in [7, 11) is 0. The number of nitrogens with one attached hydrogen (secondary N) is 1. The zero-order valence-corrected chi connectivity index (χ0v) is 23.7. The van der Waals surface area contributed by atoms with Crippen LogP contribution in [-0.4, -0.2) is 40.1 Å². The van der Waals surface area contributed by atoms with Crippen LogP contribution in [0.25, 0.3) is 10.9 Å². The van der Waals surface area contributed by atoms with Crippen molar-refractivity contribution in [2.45, 2.75) is 38.0 Å². The van der Waals surface area contributed by atoms with E-state index in [0.29, 0.717) is 40.6 Å². The molecule has 0 bridgehead atoms. The van der Waals surface area contributed by atoms with Crippen molar-refractivity contribution >= 4 is 52.0 Å². The van der Waals surface area contributed by atoms with Gasteiger partial charge in [0, 0.05) is 33.2 Å². The van der Waals surface area contributed by atoms with E-state index in [2.05, 4.69) is 18.8 Å². The van der Waals surface area contributed by atoms with Crippen LogP contribution in [-0.2, 0) is 6.42 Å². The fraction of sp³-hybridized carbons (Fsp3) is 0.300. The summed E-state index contributed by atoms with van der Waals surface area (Å²) in [6, 6.07) is 20.3. The number of ether oxygens (including phenoxy) is 2. The number of hydrogen-bond acceptors (Lipinski definition) is 4. The minimum atomic E-state index is -0.414. The van der Waals surface area contributed by atoms with Crippen molar-refractivity contribution in [2.75, 3.05) is 18.9 Å². The van der Waals surface area contributed by atoms with Gasteiger partial charge in [-0.25, -0.2) is 4.79 Å². The summed E-state index contributed by atoms with van der Waals surface area (Å²) in [5.41, 5.74) is 4.11. The van der Waals surface area contributed by atoms with Crippen LogP contribution in [0.4, 0.5) is 4.79 Å². The van der Waals surface area contributed by atoms with Crippen molar-refractivity contribution in [1.82, 2.24) is 9.88 Å². The van der Waals surface area contributed by atoms with Crippen molar-refractivity contribution in [2.24, 2.45) is 0 Å². The lowest BCUT2D eigenvalue weighted by molar-refractivity contribution is 0.135. The molecule has 4 aromatic rings. The lowest BCUT2D eigenvalue weighted by atomic mass is 9.92. The minimum Gasteiger partial charge on any atom is -0.494 e. The second-order valence-electron chi connectivity index (χ2n) is 9.57. The van der Waals surface area contributed by atoms with Crippen LogP contribution in [0.1, 0.15) is 43.1 Å². The molecule has 1 atom stereocenters. The molecule has 0 spiro atoms. The summed E-state index contributed by atoms with van der Waals surface area (Å²) in [6.07, 6.45) is 1.28. The Morgan fingerprint density at radius 2 is 1.74 bits per heavy atom. The molecule has 5 rings (SSSR count). The molecule has 38 heavy (non-hydrogen) atoms. The molecule has 0 saturated carbocycles. The van der Waals surface area contributed by atoms with Gasteiger partial charge in [-0.05, 0) is 89.6 Å². The summed E-state index contributed by atoms with van der Waals surface area (Å²) >= 11 is 14.3. The average Bonchev–Trinajstić information content (AvgIpc) is 3.27. The van der Waals surface area contributed by atoms with Crippen molar-refractivity contribution in [1.29, 1.82) is 0 Å². The van der Waals surface area contributed by atoms with Crippen LogP contribution in [0.3, 0.4) is 0 Å². The van der Waals surface area contributed by atoms with Crippen LogP contribution >= 0.6 is 35.0 Å². The summed E-state index contributed by atoms with van der Waals surface area (Å²) in [6.45, 7) is 5.60. The van der Waals surface area contributed by atoms with Gasteiger partial charge in [0.1, 0.15) is 17.5 Å². The van der Waals surface area contributed by atoms with E-state index in [1.54, 1.807) is 29.2 Å². The second kappa shape index (κ2) is 11.9. The van der Waals surface area contributed by atoms with E-state index in [1.165, 1.54) is 5.56 Å². The zero-order chi connectivity index (χ0) is 26.6. The van der Waals surface area contributed by atoms with E-state index in [-0.39, 0.29) is 6.04 Å². The number of hydrogen-bond donors (Lipinski definition) is 1. The number of rotatable bonds is 8. The Bertz CT molecular complexity index is 1400. The van der Waals surface area contributed by atoms with Gasteiger partial charge in [0.05, 0.1) is 6.61 Å². The maximum Gasteiger partial charge on any atom is 0.416 e. The lowest BCUT2D eigenvalue weighted by Crippen LogP contribution is -2.42. The number of nitrogens with zero attached hydrogens (tertiary/aromatic N) is 1. The third-order valence-electron chi connectivity index (χ3n) is 6.55. The molecule has 1 amide bonds. The van der Waals surface area contributed by atoms with Gasteiger partial charge in [0.25, 0.3) is 0 Å². The Balaban J connectivity index is 1.41. The molecular weight excluding hydrogens is 539 g/mol. The van der Waals surface area contributed by atoms with Crippen molar-refractivity contribution in [3.8, 4) is 11.5 Å². The number of thioether (sulfide) groups is 1. The zero-order valence-electron chi connectivity index (χ0n) is 21.4. The first-order valence-corrected chi connectivity index (χ1v) is 14.6. The lowest BCUT2D eigenvalue weighted by Gasteiger charge is -2.35. The number of fused-ring (bicyclic) bond motifs is 3. The largest absolute Gasteiger partial charge is 0.494 e. The molecule has 3 aromatic carbocycles. The summed E-state index contributed by atoms with van der Waals surface area (Å²) in [5, 5.41) is 2.99. The van der Waals surface area contributed by atoms with E-state index < -0.39 is 6.09 Å². The Kier molecular flexibility index (Phi) is 8.42. The van der Waals surface area contributed by atoms with Gasteiger partial charge >= 0.3 is 6.09 Å². The molecule has 1 unspecified atom stereocenters. The molecule has 1 aromatic heterocycles. The summed E-state index contributed by atoms with van der Waals surface area (Å²) in [4.78, 5) is 18.8. The van der Waals surface area contributed by atoms with Crippen molar-refractivity contribution in [3.05, 3.63) is 93.6 Å². The van der Waals surface area contributed by atoms with Gasteiger partial charge in [-0.2, -0.15) is 11.8 Å². The van der Waals surface area contributed by atoms with E-state index in [1.807, 2.05) is 54.2 Å². The molecule has 0 radical (unpaired) electrons. The molecule has 0 aliphatic carbocycles. The highest BCUT2D eigenvalue weighted by molar-refractivity contribution is 7.99. The van der Waals surface area contributed by atoms with Crippen LogP contribution in [0.2, 0.25) is 10.0 Å². The predicted molar refractivity (Wildman–Crippen MR) is 157 cm³/mol. The monoisotopic (exact) mass is 568 g/mol. The number of carbonyl (C=O) groups excluding carboxylic acids is 1. The van der Waals surface area contributed by atoms with Gasteiger partial charge in [0.2, 0.25) is 0 Å². The molecule has 1 aliphatic rings. The van der Waals surface area contributed by atoms with E-state index in [4.69, 9.17) is 32.7 Å². The molecule has 1 aliphatic heterocycles. The van der Waals surface area contributed by atoms with Gasteiger partial charge in [0.15, 0.2) is 0 Å². The van der Waals surface area contributed by atoms with E-state index in [9.17, 15) is 4.79 Å². The third kappa shape index (κ3) is 6.09. The quantitative estimate of drug-likeness (QED) is 0.216. The highest BCUT2D eigenvalue weighted by atomic mass is 35.5. The summed E-state index contributed by atoms with van der Waals surface area (Å²) in [5.74, 6) is 2.35. The molecular formula is C30H30Cl2N2O3S. The average molecular weight is 570 g/mol. The van der Waals surface area contributed by atoms with Gasteiger partial charge in [-0.1, -0.05) is 49.2 Å². The molecule has 0 saturated heterocycles. The highest BCUT2D eigenvalue weighted by Crippen LogP contribution is 2.40. The minimum absolute atomic E-state index is 0.346. The predicted octanol–water partition coefficient (Wildman–Crippen LogP) is 8.53. The fourth-order valence-corrected chi connectivity index (χ4v) is 5.83. The number of benzene rings is 3. The van der Waals surface area contributed by atoms with Gasteiger partial charge < -0.3 is 14.5 Å². The first kappa shape index (κ1) is 26.8. The number of aromatic nitrogens is 1. The molecule has 198 valence electrons. The molecule has 0 fully saturated rings. The number of H-pyrrole nitrogens is 1. The Hall–Kier alpha value is -2.80. The first-order chi connectivity index (χ1) is 18.4. The van der Waals surface area contributed by atoms with Crippen molar-refractivity contribution in [3.63, 3.8) is 0 Å². The molecule has 2 heterocycles. The fourth-order valence-electron chi connectivity index (χ4n) is 4.78. The topological polar surface area (TPSA) is 54.6 Å². The van der Waals surface area contributed by atoms with Crippen LogP contribution in [0, 0.1) is 0 Å². The Morgan fingerprint density at radius 3 is 2.47 bits per heavy atom. The maximum atomic E-state index is 13.4.